The standard InChI is InChI=1S/C22H31FN4O.HI/c1-15-19-13-16(23)7-8-20(19)28-21(15)14-25-22(24-2)26-17-9-11-27(12-10-17)18-5-3-4-6-18;/h7-8,13,17-18H,3-6,9-12,14H2,1-2H3,(H2,24,25,26);1H. The van der Waals surface area contributed by atoms with Crippen LogP contribution in [0.4, 0.5) is 4.39 Å². The number of furan rings is 1. The van der Waals surface area contributed by atoms with Crippen LogP contribution in [0.2, 0.25) is 0 Å². The summed E-state index contributed by atoms with van der Waals surface area (Å²) in [5.41, 5.74) is 1.69. The maximum absolute atomic E-state index is 13.5. The second kappa shape index (κ2) is 10.1. The summed E-state index contributed by atoms with van der Waals surface area (Å²) in [4.78, 5) is 7.05. The van der Waals surface area contributed by atoms with E-state index >= 15 is 0 Å². The average molecular weight is 514 g/mol. The smallest absolute Gasteiger partial charge is 0.191 e. The van der Waals surface area contributed by atoms with Gasteiger partial charge in [0.2, 0.25) is 0 Å². The number of nitrogens with one attached hydrogen (secondary N) is 2. The summed E-state index contributed by atoms with van der Waals surface area (Å²) < 4.78 is 19.4. The molecule has 1 saturated heterocycles. The van der Waals surface area contributed by atoms with Crippen LogP contribution in [0.5, 0.6) is 0 Å². The minimum Gasteiger partial charge on any atom is -0.459 e. The molecule has 1 aromatic carbocycles. The maximum atomic E-state index is 13.5. The van der Waals surface area contributed by atoms with Crippen LogP contribution in [-0.4, -0.2) is 43.1 Å². The lowest BCUT2D eigenvalue weighted by Gasteiger charge is -2.36. The van der Waals surface area contributed by atoms with Gasteiger partial charge in [-0.2, -0.15) is 0 Å². The van der Waals surface area contributed by atoms with Gasteiger partial charge in [-0.15, -0.1) is 24.0 Å². The van der Waals surface area contributed by atoms with Gasteiger partial charge in [0.05, 0.1) is 6.54 Å². The molecule has 1 aliphatic carbocycles. The summed E-state index contributed by atoms with van der Waals surface area (Å²) in [5.74, 6) is 1.38. The number of nitrogens with zero attached hydrogens (tertiary/aromatic N) is 2. The summed E-state index contributed by atoms with van der Waals surface area (Å²) in [5, 5.41) is 7.75. The molecule has 29 heavy (non-hydrogen) atoms. The second-order valence-corrected chi connectivity index (χ2v) is 8.11. The predicted molar refractivity (Wildman–Crippen MR) is 127 cm³/mol. The maximum Gasteiger partial charge on any atom is 0.191 e. The second-order valence-electron chi connectivity index (χ2n) is 8.11. The lowest BCUT2D eigenvalue weighted by atomic mass is 10.0. The van der Waals surface area contributed by atoms with Crippen molar-refractivity contribution in [1.82, 2.24) is 15.5 Å². The van der Waals surface area contributed by atoms with Gasteiger partial charge in [0, 0.05) is 43.2 Å². The largest absolute Gasteiger partial charge is 0.459 e. The monoisotopic (exact) mass is 514 g/mol. The SMILES string of the molecule is CN=C(NCc1oc2ccc(F)cc2c1C)NC1CCN(C2CCCC2)CC1.I. The van der Waals surface area contributed by atoms with Gasteiger partial charge < -0.3 is 20.0 Å². The van der Waals surface area contributed by atoms with E-state index in [1.165, 1.54) is 50.9 Å². The molecule has 0 unspecified atom stereocenters. The van der Waals surface area contributed by atoms with E-state index in [0.717, 1.165) is 47.1 Å². The Bertz CT molecular complexity index is 839. The van der Waals surface area contributed by atoms with Gasteiger partial charge >= 0.3 is 0 Å². The van der Waals surface area contributed by atoms with Gasteiger partial charge in [-0.25, -0.2) is 4.39 Å². The molecule has 0 amide bonds. The fraction of sp³-hybridized carbons (Fsp3) is 0.591. The van der Waals surface area contributed by atoms with Gasteiger partial charge in [-0.1, -0.05) is 12.8 Å². The van der Waals surface area contributed by atoms with E-state index in [1.54, 1.807) is 13.1 Å². The molecule has 1 saturated carbocycles. The normalized spacial score (nSPS) is 19.5. The number of guanidine groups is 1. The molecule has 2 N–H and O–H groups in total. The number of likely N-dealkylation sites (tertiary alicyclic amines) is 1. The molecule has 0 atom stereocenters. The quantitative estimate of drug-likeness (QED) is 0.357. The van der Waals surface area contributed by atoms with E-state index in [0.29, 0.717) is 12.6 Å². The third-order valence-corrected chi connectivity index (χ3v) is 6.35. The molecule has 4 rings (SSSR count). The number of halogens is 2. The number of fused-ring (bicyclic) bond motifs is 1. The molecule has 7 heteroatoms. The van der Waals surface area contributed by atoms with Crippen molar-refractivity contribution in [1.29, 1.82) is 0 Å². The van der Waals surface area contributed by atoms with Crippen LogP contribution in [0.25, 0.3) is 11.0 Å². The Kier molecular flexibility index (Phi) is 7.79. The summed E-state index contributed by atoms with van der Waals surface area (Å²) in [7, 11) is 1.80. The zero-order valence-electron chi connectivity index (χ0n) is 17.3. The van der Waals surface area contributed by atoms with Crippen LogP contribution in [0, 0.1) is 12.7 Å². The minimum absolute atomic E-state index is 0. The first-order valence-electron chi connectivity index (χ1n) is 10.5. The molecule has 0 radical (unpaired) electrons. The Morgan fingerprint density at radius 2 is 1.93 bits per heavy atom. The van der Waals surface area contributed by atoms with Gasteiger partial charge in [-0.3, -0.25) is 4.99 Å². The summed E-state index contributed by atoms with van der Waals surface area (Å²) in [6, 6.07) is 5.92. The lowest BCUT2D eigenvalue weighted by Crippen LogP contribution is -2.50. The highest BCUT2D eigenvalue weighted by molar-refractivity contribution is 14.0. The van der Waals surface area contributed by atoms with Crippen LogP contribution in [0.15, 0.2) is 27.6 Å². The molecular formula is C22H32FIN4O. The fourth-order valence-corrected chi connectivity index (χ4v) is 4.64. The third-order valence-electron chi connectivity index (χ3n) is 6.35. The number of rotatable bonds is 4. The van der Waals surface area contributed by atoms with Crippen molar-refractivity contribution in [2.24, 2.45) is 4.99 Å². The molecule has 0 spiro atoms. The van der Waals surface area contributed by atoms with Crippen LogP contribution in [-0.2, 0) is 6.54 Å². The van der Waals surface area contributed by atoms with Crippen molar-refractivity contribution in [2.45, 2.75) is 64.1 Å². The van der Waals surface area contributed by atoms with E-state index in [1.807, 2.05) is 6.92 Å². The molecule has 2 aliphatic rings. The highest BCUT2D eigenvalue weighted by Gasteiger charge is 2.27. The predicted octanol–water partition coefficient (Wildman–Crippen LogP) is 4.57. The number of aliphatic imine (C=N–C) groups is 1. The van der Waals surface area contributed by atoms with Crippen LogP contribution < -0.4 is 10.6 Å². The van der Waals surface area contributed by atoms with E-state index in [9.17, 15) is 4.39 Å². The number of benzene rings is 1. The van der Waals surface area contributed by atoms with E-state index in [2.05, 4.69) is 20.5 Å². The Labute approximate surface area is 189 Å². The summed E-state index contributed by atoms with van der Waals surface area (Å²) >= 11 is 0. The van der Waals surface area contributed by atoms with E-state index < -0.39 is 0 Å². The average Bonchev–Trinajstić information content (AvgIpc) is 3.35. The van der Waals surface area contributed by atoms with Crippen molar-refractivity contribution in [2.75, 3.05) is 20.1 Å². The van der Waals surface area contributed by atoms with Crippen molar-refractivity contribution >= 4 is 40.9 Å². The Balaban J connectivity index is 0.00000240. The molecule has 2 aromatic rings. The van der Waals surface area contributed by atoms with Crippen LogP contribution in [0.1, 0.15) is 49.8 Å². The first-order chi connectivity index (χ1) is 13.6. The van der Waals surface area contributed by atoms with Crippen molar-refractivity contribution in [3.8, 4) is 0 Å². The number of hydrogen-bond donors (Lipinski definition) is 2. The number of hydrogen-bond acceptors (Lipinski definition) is 3. The fourth-order valence-electron chi connectivity index (χ4n) is 4.64. The lowest BCUT2D eigenvalue weighted by molar-refractivity contribution is 0.150. The minimum atomic E-state index is -0.239. The van der Waals surface area contributed by atoms with Crippen molar-refractivity contribution < 1.29 is 8.81 Å². The Hall–Kier alpha value is -1.35. The molecule has 1 aromatic heterocycles. The Morgan fingerprint density at radius 1 is 1.21 bits per heavy atom. The highest BCUT2D eigenvalue weighted by Crippen LogP contribution is 2.27. The molecule has 2 fully saturated rings. The van der Waals surface area contributed by atoms with Crippen LogP contribution in [0.3, 0.4) is 0 Å². The molecular weight excluding hydrogens is 482 g/mol. The zero-order chi connectivity index (χ0) is 19.5. The summed E-state index contributed by atoms with van der Waals surface area (Å²) in [6.07, 6.45) is 7.85. The number of aryl methyl sites for hydroxylation is 1. The third kappa shape index (κ3) is 5.23. The number of piperidine rings is 1. The zero-order valence-corrected chi connectivity index (χ0v) is 19.7. The van der Waals surface area contributed by atoms with Gasteiger partial charge in [0.15, 0.2) is 5.96 Å². The first-order valence-corrected chi connectivity index (χ1v) is 10.5. The molecule has 160 valence electrons. The summed E-state index contributed by atoms with van der Waals surface area (Å²) in [6.45, 7) is 4.85. The van der Waals surface area contributed by atoms with Gasteiger partial charge in [0.25, 0.3) is 0 Å². The van der Waals surface area contributed by atoms with E-state index in [-0.39, 0.29) is 29.8 Å². The Morgan fingerprint density at radius 3 is 2.62 bits per heavy atom. The molecule has 0 bridgehead atoms. The molecule has 2 heterocycles. The topological polar surface area (TPSA) is 52.8 Å². The highest BCUT2D eigenvalue weighted by atomic mass is 127. The van der Waals surface area contributed by atoms with Crippen LogP contribution >= 0.6 is 24.0 Å². The van der Waals surface area contributed by atoms with Gasteiger partial charge in [0.1, 0.15) is 17.2 Å². The van der Waals surface area contributed by atoms with Gasteiger partial charge in [-0.05, 0) is 50.8 Å². The van der Waals surface area contributed by atoms with E-state index in [4.69, 9.17) is 4.42 Å². The first kappa shape index (κ1) is 22.3. The van der Waals surface area contributed by atoms with Crippen molar-refractivity contribution in [3.63, 3.8) is 0 Å². The molecule has 1 aliphatic heterocycles. The molecule has 5 nitrogen and oxygen atoms in total. The van der Waals surface area contributed by atoms with Crippen molar-refractivity contribution in [3.05, 3.63) is 35.3 Å².